The number of carboxylic acid groups (broad SMARTS) is 1. The lowest BCUT2D eigenvalue weighted by Gasteiger charge is -2.12. The Balaban J connectivity index is 2.42. The van der Waals surface area contributed by atoms with Crippen LogP contribution in [0.5, 0.6) is 0 Å². The van der Waals surface area contributed by atoms with Gasteiger partial charge in [-0.3, -0.25) is 9.00 Å². The van der Waals surface area contributed by atoms with Crippen LogP contribution < -0.4 is 5.43 Å². The van der Waals surface area contributed by atoms with Gasteiger partial charge in [-0.2, -0.15) is 0 Å². The van der Waals surface area contributed by atoms with E-state index >= 15 is 0 Å². The summed E-state index contributed by atoms with van der Waals surface area (Å²) in [7, 11) is -1.31. The van der Waals surface area contributed by atoms with Gasteiger partial charge >= 0.3 is 5.97 Å². The third-order valence-corrected chi connectivity index (χ3v) is 5.82. The summed E-state index contributed by atoms with van der Waals surface area (Å²) >= 11 is 0. The quantitative estimate of drug-likeness (QED) is 0.681. The van der Waals surface area contributed by atoms with E-state index in [0.717, 1.165) is 18.4 Å². The van der Waals surface area contributed by atoms with E-state index in [0.29, 0.717) is 15.9 Å². The maximum absolute atomic E-state index is 13.0. The predicted octanol–water partition coefficient (Wildman–Crippen LogP) is 4.11. The Bertz CT molecular complexity index is 1090. The lowest BCUT2D eigenvalue weighted by molar-refractivity contribution is 0.0697. The highest BCUT2D eigenvalue weighted by atomic mass is 32.2. The van der Waals surface area contributed by atoms with Gasteiger partial charge in [-0.25, -0.2) is 4.79 Å². The highest BCUT2D eigenvalue weighted by Gasteiger charge is 2.19. The van der Waals surface area contributed by atoms with Crippen LogP contribution in [-0.4, -0.2) is 20.5 Å². The summed E-state index contributed by atoms with van der Waals surface area (Å²) in [6.45, 7) is 5.74. The van der Waals surface area contributed by atoms with E-state index in [9.17, 15) is 13.8 Å². The molecule has 1 unspecified atom stereocenters. The number of aryl methyl sites for hydroxylation is 1. The Hall–Kier alpha value is -2.47. The van der Waals surface area contributed by atoms with Crippen molar-refractivity contribution in [2.24, 2.45) is 0 Å². The van der Waals surface area contributed by atoms with Gasteiger partial charge in [-0.15, -0.1) is 0 Å². The molecule has 5 nitrogen and oxygen atoms in total. The van der Waals surface area contributed by atoms with Crippen molar-refractivity contribution in [1.82, 2.24) is 0 Å². The smallest absolute Gasteiger partial charge is 0.335 e. The topological polar surface area (TPSA) is 84.6 Å². The molecule has 0 amide bonds. The van der Waals surface area contributed by atoms with Gasteiger partial charge in [0.15, 0.2) is 5.58 Å². The van der Waals surface area contributed by atoms with Gasteiger partial charge in [0.2, 0.25) is 5.43 Å². The molecule has 0 spiro atoms. The molecule has 2 aromatic carbocycles. The van der Waals surface area contributed by atoms with Crippen LogP contribution in [0.15, 0.2) is 44.4 Å². The van der Waals surface area contributed by atoms with E-state index in [2.05, 4.69) is 0 Å². The fraction of sp³-hybridized carbons (Fsp3) is 0.300. The molecule has 1 N–H and O–H groups in total. The molecule has 1 heterocycles. The van der Waals surface area contributed by atoms with Gasteiger partial charge in [0, 0.05) is 5.25 Å². The largest absolute Gasteiger partial charge is 0.478 e. The monoisotopic (exact) mass is 372 g/mol. The molecule has 0 radical (unpaired) electrons. The number of hydrogen-bond donors (Lipinski definition) is 1. The standard InChI is InChI=1S/C20H20O5S/c1-4-5-12-8-15-18(21)14-10-13(20(22)23)6-7-16(14)25-19(15)17(9-12)26(24)11(2)3/h6-11H,4-5H2,1-3H3,(H,22,23). The lowest BCUT2D eigenvalue weighted by atomic mass is 10.0. The Morgan fingerprint density at radius 2 is 1.92 bits per heavy atom. The molecule has 0 saturated carbocycles. The molecule has 3 rings (SSSR count). The van der Waals surface area contributed by atoms with E-state index in [1.165, 1.54) is 18.2 Å². The molecule has 0 aliphatic rings. The second kappa shape index (κ2) is 7.03. The first-order valence-electron chi connectivity index (χ1n) is 8.50. The molecule has 6 heteroatoms. The zero-order valence-electron chi connectivity index (χ0n) is 14.9. The summed E-state index contributed by atoms with van der Waals surface area (Å²) in [6, 6.07) is 7.81. The van der Waals surface area contributed by atoms with Crippen molar-refractivity contribution in [1.29, 1.82) is 0 Å². The van der Waals surface area contributed by atoms with Crippen LogP contribution in [0.2, 0.25) is 0 Å². The number of carboxylic acids is 1. The highest BCUT2D eigenvalue weighted by molar-refractivity contribution is 7.85. The number of rotatable bonds is 5. The van der Waals surface area contributed by atoms with Crippen molar-refractivity contribution in [3.8, 4) is 0 Å². The molecule has 1 aromatic heterocycles. The summed E-state index contributed by atoms with van der Waals surface area (Å²) in [6.07, 6.45) is 1.65. The van der Waals surface area contributed by atoms with Crippen molar-refractivity contribution >= 4 is 38.7 Å². The number of fused-ring (bicyclic) bond motifs is 2. The molecular weight excluding hydrogens is 352 g/mol. The Morgan fingerprint density at radius 3 is 2.54 bits per heavy atom. The van der Waals surface area contributed by atoms with Crippen LogP contribution in [0.25, 0.3) is 21.9 Å². The summed E-state index contributed by atoms with van der Waals surface area (Å²) in [5.41, 5.74) is 1.25. The van der Waals surface area contributed by atoms with Crippen molar-refractivity contribution in [2.75, 3.05) is 0 Å². The summed E-state index contributed by atoms with van der Waals surface area (Å²) in [5, 5.41) is 9.61. The van der Waals surface area contributed by atoms with Gasteiger partial charge in [-0.05, 0) is 42.3 Å². The molecule has 0 aliphatic heterocycles. The van der Waals surface area contributed by atoms with Gasteiger partial charge in [0.1, 0.15) is 5.58 Å². The predicted molar refractivity (Wildman–Crippen MR) is 102 cm³/mol. The normalized spacial score (nSPS) is 12.8. The van der Waals surface area contributed by atoms with E-state index in [1.54, 1.807) is 6.07 Å². The number of hydrogen-bond acceptors (Lipinski definition) is 4. The number of aromatic carboxylic acids is 1. The second-order valence-corrected chi connectivity index (χ2v) is 8.49. The summed E-state index contributed by atoms with van der Waals surface area (Å²) in [4.78, 5) is 24.7. The second-order valence-electron chi connectivity index (χ2n) is 6.51. The molecule has 136 valence electrons. The minimum Gasteiger partial charge on any atom is -0.478 e. The lowest BCUT2D eigenvalue weighted by Crippen LogP contribution is -2.10. The van der Waals surface area contributed by atoms with Gasteiger partial charge in [0.25, 0.3) is 0 Å². The van der Waals surface area contributed by atoms with Crippen molar-refractivity contribution in [3.63, 3.8) is 0 Å². The van der Waals surface area contributed by atoms with Crippen LogP contribution in [0.3, 0.4) is 0 Å². The fourth-order valence-corrected chi connectivity index (χ4v) is 4.06. The van der Waals surface area contributed by atoms with Gasteiger partial charge < -0.3 is 9.52 Å². The van der Waals surface area contributed by atoms with Crippen LogP contribution in [0, 0.1) is 0 Å². The van der Waals surface area contributed by atoms with Crippen LogP contribution >= 0.6 is 0 Å². The van der Waals surface area contributed by atoms with Crippen LogP contribution in [-0.2, 0) is 17.2 Å². The highest BCUT2D eigenvalue weighted by Crippen LogP contribution is 2.28. The molecule has 0 fully saturated rings. The summed E-state index contributed by atoms with van der Waals surface area (Å²) in [5.74, 6) is -1.10. The first-order chi connectivity index (χ1) is 12.3. The fourth-order valence-electron chi connectivity index (χ4n) is 2.95. The van der Waals surface area contributed by atoms with E-state index < -0.39 is 16.8 Å². The summed E-state index contributed by atoms with van der Waals surface area (Å²) < 4.78 is 18.7. The van der Waals surface area contributed by atoms with E-state index in [4.69, 9.17) is 9.52 Å². The SMILES string of the molecule is CCCc1cc(S(=O)C(C)C)c2oc3ccc(C(=O)O)cc3c(=O)c2c1. The zero-order valence-corrected chi connectivity index (χ0v) is 15.7. The number of benzene rings is 2. The Morgan fingerprint density at radius 1 is 1.19 bits per heavy atom. The molecule has 26 heavy (non-hydrogen) atoms. The molecule has 0 aliphatic carbocycles. The molecule has 0 saturated heterocycles. The maximum atomic E-state index is 13.0. The van der Waals surface area contributed by atoms with Crippen molar-refractivity contribution in [3.05, 3.63) is 51.7 Å². The average molecular weight is 372 g/mol. The van der Waals surface area contributed by atoms with Gasteiger partial charge in [0.05, 0.1) is 32.0 Å². The minimum atomic E-state index is -1.31. The maximum Gasteiger partial charge on any atom is 0.335 e. The first kappa shape index (κ1) is 18.3. The Kier molecular flexibility index (Phi) is 4.96. The van der Waals surface area contributed by atoms with E-state index in [1.807, 2.05) is 26.8 Å². The van der Waals surface area contributed by atoms with E-state index in [-0.39, 0.29) is 27.2 Å². The average Bonchev–Trinajstić information content (AvgIpc) is 2.61. The molecule has 1 atom stereocenters. The minimum absolute atomic E-state index is 0.0276. The molecule has 0 bridgehead atoms. The van der Waals surface area contributed by atoms with Crippen molar-refractivity contribution in [2.45, 2.75) is 43.8 Å². The van der Waals surface area contributed by atoms with Crippen molar-refractivity contribution < 1.29 is 18.5 Å². The Labute approximate surface area is 153 Å². The first-order valence-corrected chi connectivity index (χ1v) is 9.72. The molecular formula is C20H20O5S. The van der Waals surface area contributed by atoms with Crippen LogP contribution in [0.1, 0.15) is 43.1 Å². The third kappa shape index (κ3) is 3.17. The number of carbonyl (C=O) groups is 1. The molecule has 3 aromatic rings. The zero-order chi connectivity index (χ0) is 19.0. The van der Waals surface area contributed by atoms with Gasteiger partial charge in [-0.1, -0.05) is 27.2 Å². The van der Waals surface area contributed by atoms with Crippen LogP contribution in [0.4, 0.5) is 0 Å². The third-order valence-electron chi connectivity index (χ3n) is 4.23.